The van der Waals surface area contributed by atoms with Crippen molar-refractivity contribution in [2.24, 2.45) is 4.99 Å². The van der Waals surface area contributed by atoms with Crippen LogP contribution in [0.4, 0.5) is 4.39 Å². The van der Waals surface area contributed by atoms with E-state index in [1.54, 1.807) is 40.5 Å². The first-order valence-corrected chi connectivity index (χ1v) is 10.2. The molecule has 32 heavy (non-hydrogen) atoms. The lowest BCUT2D eigenvalue weighted by molar-refractivity contribution is 0.199. The number of aliphatic imine (C=N–C) groups is 1. The summed E-state index contributed by atoms with van der Waals surface area (Å²) in [6, 6.07) is 9.97. The zero-order valence-corrected chi connectivity index (χ0v) is 21.6. The molecule has 178 valence electrons. The van der Waals surface area contributed by atoms with Gasteiger partial charge in [0.15, 0.2) is 17.5 Å². The summed E-state index contributed by atoms with van der Waals surface area (Å²) in [6.45, 7) is 3.19. The van der Waals surface area contributed by atoms with Crippen molar-refractivity contribution in [2.75, 3.05) is 41.5 Å². The number of ether oxygens (including phenoxy) is 4. The van der Waals surface area contributed by atoms with E-state index in [4.69, 9.17) is 18.9 Å². The third-order valence-electron chi connectivity index (χ3n) is 4.75. The first-order valence-electron chi connectivity index (χ1n) is 10.2. The van der Waals surface area contributed by atoms with Crippen molar-refractivity contribution in [1.29, 1.82) is 0 Å². The van der Waals surface area contributed by atoms with Gasteiger partial charge in [0.2, 0.25) is 5.75 Å². The molecule has 0 aliphatic heterocycles. The highest BCUT2D eigenvalue weighted by molar-refractivity contribution is 14.0. The van der Waals surface area contributed by atoms with Gasteiger partial charge in [-0.1, -0.05) is 19.1 Å². The fraction of sp³-hybridized carbons (Fsp3) is 0.435. The van der Waals surface area contributed by atoms with Gasteiger partial charge in [0.05, 0.1) is 27.9 Å². The Labute approximate surface area is 206 Å². The summed E-state index contributed by atoms with van der Waals surface area (Å²) in [5.74, 6) is 2.70. The third kappa shape index (κ3) is 7.92. The van der Waals surface area contributed by atoms with Crippen LogP contribution in [0.5, 0.6) is 23.0 Å². The van der Waals surface area contributed by atoms with Gasteiger partial charge in [0.1, 0.15) is 17.7 Å². The number of hydrogen-bond acceptors (Lipinski definition) is 5. The molecule has 0 aliphatic rings. The zero-order chi connectivity index (χ0) is 22.6. The van der Waals surface area contributed by atoms with E-state index >= 15 is 0 Å². The molecule has 0 saturated carbocycles. The maximum atomic E-state index is 13.4. The summed E-state index contributed by atoms with van der Waals surface area (Å²) < 4.78 is 35.5. The average Bonchev–Trinajstić information content (AvgIpc) is 2.79. The molecular formula is C23H33FIN3O4. The molecular weight excluding hydrogens is 528 g/mol. The molecule has 0 spiro atoms. The number of benzene rings is 2. The van der Waals surface area contributed by atoms with Gasteiger partial charge in [0.25, 0.3) is 0 Å². The van der Waals surface area contributed by atoms with Crippen molar-refractivity contribution in [2.45, 2.75) is 25.9 Å². The Hall–Kier alpha value is -2.43. The van der Waals surface area contributed by atoms with E-state index in [0.29, 0.717) is 48.5 Å². The largest absolute Gasteiger partial charge is 0.493 e. The van der Waals surface area contributed by atoms with E-state index in [1.807, 2.05) is 19.1 Å². The number of rotatable bonds is 11. The minimum Gasteiger partial charge on any atom is -0.493 e. The van der Waals surface area contributed by atoms with Gasteiger partial charge in [-0.3, -0.25) is 4.99 Å². The molecule has 0 amide bonds. The molecule has 7 nitrogen and oxygen atoms in total. The van der Waals surface area contributed by atoms with Crippen molar-refractivity contribution in [3.05, 3.63) is 47.8 Å². The first-order chi connectivity index (χ1) is 15.1. The molecule has 2 aromatic rings. The number of methoxy groups -OCH3 is 3. The minimum absolute atomic E-state index is 0. The number of guanidine groups is 1. The van der Waals surface area contributed by atoms with Crippen LogP contribution in [-0.4, -0.2) is 53.5 Å². The van der Waals surface area contributed by atoms with Gasteiger partial charge >= 0.3 is 0 Å². The Morgan fingerprint density at radius 1 is 1.03 bits per heavy atom. The van der Waals surface area contributed by atoms with E-state index < -0.39 is 0 Å². The molecule has 0 fully saturated rings. The highest BCUT2D eigenvalue weighted by atomic mass is 127. The van der Waals surface area contributed by atoms with Gasteiger partial charge in [0, 0.05) is 25.2 Å². The molecule has 0 bridgehead atoms. The number of halogens is 2. The molecule has 0 radical (unpaired) electrons. The molecule has 1 unspecified atom stereocenters. The minimum atomic E-state index is -0.316. The summed E-state index contributed by atoms with van der Waals surface area (Å²) in [7, 11) is 6.50. The van der Waals surface area contributed by atoms with Crippen LogP contribution in [0.3, 0.4) is 0 Å². The van der Waals surface area contributed by atoms with Crippen LogP contribution in [-0.2, 0) is 6.42 Å². The van der Waals surface area contributed by atoms with Gasteiger partial charge in [-0.15, -0.1) is 24.0 Å². The number of nitrogens with zero attached hydrogens (tertiary/aromatic N) is 1. The van der Waals surface area contributed by atoms with Gasteiger partial charge in [-0.2, -0.15) is 0 Å². The van der Waals surface area contributed by atoms with E-state index in [9.17, 15) is 4.39 Å². The van der Waals surface area contributed by atoms with Crippen molar-refractivity contribution in [3.8, 4) is 23.0 Å². The van der Waals surface area contributed by atoms with Crippen LogP contribution in [0.25, 0.3) is 0 Å². The summed E-state index contributed by atoms with van der Waals surface area (Å²) in [4.78, 5) is 4.25. The topological polar surface area (TPSA) is 73.3 Å². The monoisotopic (exact) mass is 561 g/mol. The van der Waals surface area contributed by atoms with Gasteiger partial charge in [-0.05, 0) is 31.0 Å². The summed E-state index contributed by atoms with van der Waals surface area (Å²) >= 11 is 0. The quantitative estimate of drug-likeness (QED) is 0.245. The van der Waals surface area contributed by atoms with E-state index in [0.717, 1.165) is 12.0 Å². The molecule has 2 rings (SSSR count). The Kier molecular flexibility index (Phi) is 12.6. The van der Waals surface area contributed by atoms with Crippen molar-refractivity contribution in [1.82, 2.24) is 10.6 Å². The van der Waals surface area contributed by atoms with Gasteiger partial charge in [-0.25, -0.2) is 4.39 Å². The molecule has 9 heteroatoms. The molecule has 0 aliphatic carbocycles. The summed E-state index contributed by atoms with van der Waals surface area (Å²) in [5, 5.41) is 6.54. The lowest BCUT2D eigenvalue weighted by atomic mass is 10.1. The van der Waals surface area contributed by atoms with Gasteiger partial charge < -0.3 is 29.6 Å². The van der Waals surface area contributed by atoms with E-state index in [-0.39, 0.29) is 35.9 Å². The highest BCUT2D eigenvalue weighted by Gasteiger charge is 2.16. The van der Waals surface area contributed by atoms with E-state index in [2.05, 4.69) is 15.6 Å². The summed E-state index contributed by atoms with van der Waals surface area (Å²) in [6.07, 6.45) is 1.34. The Bertz CT molecular complexity index is 867. The van der Waals surface area contributed by atoms with Crippen LogP contribution in [0.15, 0.2) is 41.4 Å². The lowest BCUT2D eigenvalue weighted by Gasteiger charge is -2.20. The molecule has 2 N–H and O–H groups in total. The molecule has 0 saturated heterocycles. The van der Waals surface area contributed by atoms with Crippen molar-refractivity contribution >= 4 is 29.9 Å². The first kappa shape index (κ1) is 27.6. The predicted molar refractivity (Wildman–Crippen MR) is 136 cm³/mol. The second kappa shape index (κ2) is 14.6. The fourth-order valence-electron chi connectivity index (χ4n) is 3.11. The van der Waals surface area contributed by atoms with Crippen molar-refractivity contribution < 1.29 is 23.3 Å². The average molecular weight is 561 g/mol. The Morgan fingerprint density at radius 2 is 1.78 bits per heavy atom. The SMILES string of the molecule is CCC(CNC(=NC)NCCc1ccc(OC)c(OC)c1OC)Oc1cccc(F)c1.I. The maximum absolute atomic E-state index is 13.4. The second-order valence-corrected chi connectivity index (χ2v) is 6.73. The van der Waals surface area contributed by atoms with Crippen molar-refractivity contribution in [3.63, 3.8) is 0 Å². The van der Waals surface area contributed by atoms with Crippen LogP contribution >= 0.6 is 24.0 Å². The molecule has 2 aromatic carbocycles. The molecule has 1 atom stereocenters. The lowest BCUT2D eigenvalue weighted by Crippen LogP contribution is -2.43. The fourth-order valence-corrected chi connectivity index (χ4v) is 3.11. The second-order valence-electron chi connectivity index (χ2n) is 6.73. The van der Waals surface area contributed by atoms with E-state index in [1.165, 1.54) is 12.1 Å². The smallest absolute Gasteiger partial charge is 0.203 e. The zero-order valence-electron chi connectivity index (χ0n) is 19.2. The van der Waals surface area contributed by atoms with Crippen LogP contribution in [0.2, 0.25) is 0 Å². The predicted octanol–water partition coefficient (Wildman–Crippen LogP) is 4.03. The number of nitrogens with one attached hydrogen (secondary N) is 2. The Balaban J connectivity index is 0.00000512. The third-order valence-corrected chi connectivity index (χ3v) is 4.75. The van der Waals surface area contributed by atoms with Crippen LogP contribution < -0.4 is 29.6 Å². The Morgan fingerprint density at radius 3 is 2.38 bits per heavy atom. The highest BCUT2D eigenvalue weighted by Crippen LogP contribution is 2.39. The summed E-state index contributed by atoms with van der Waals surface area (Å²) in [5.41, 5.74) is 0.990. The maximum Gasteiger partial charge on any atom is 0.203 e. The molecule has 0 aromatic heterocycles. The normalized spacial score (nSPS) is 11.8. The van der Waals surface area contributed by atoms with Crippen LogP contribution in [0, 0.1) is 5.82 Å². The van der Waals surface area contributed by atoms with Crippen LogP contribution in [0.1, 0.15) is 18.9 Å². The number of hydrogen-bond donors (Lipinski definition) is 2. The molecule has 0 heterocycles. The standard InChI is InChI=1S/C23H32FN3O4.HI/c1-6-18(31-19-9-7-8-17(24)14-19)15-27-23(25-2)26-13-12-16-10-11-20(28-3)22(30-5)21(16)29-4;/h7-11,14,18H,6,12-13,15H2,1-5H3,(H2,25,26,27);1H.